The Morgan fingerprint density at radius 3 is 2.62 bits per heavy atom. The first-order chi connectivity index (χ1) is 11.5. The van der Waals surface area contributed by atoms with Gasteiger partial charge in [0, 0.05) is 11.3 Å². The number of carbonyl (C=O) groups is 1. The van der Waals surface area contributed by atoms with Crippen molar-refractivity contribution in [2.45, 2.75) is 33.7 Å². The first-order valence-corrected chi connectivity index (χ1v) is 7.83. The van der Waals surface area contributed by atoms with E-state index in [9.17, 15) is 9.59 Å². The number of aryl methyl sites for hydroxylation is 3. The van der Waals surface area contributed by atoms with Crippen LogP contribution in [0.1, 0.15) is 23.8 Å². The Morgan fingerprint density at radius 1 is 1.25 bits per heavy atom. The van der Waals surface area contributed by atoms with Crippen molar-refractivity contribution in [3.63, 3.8) is 0 Å². The highest BCUT2D eigenvalue weighted by Crippen LogP contribution is 2.19. The lowest BCUT2D eigenvalue weighted by atomic mass is 10.1. The minimum Gasteiger partial charge on any atom is -0.443 e. The fraction of sp³-hybridized carbons (Fsp3) is 0.278. The summed E-state index contributed by atoms with van der Waals surface area (Å²) in [6.45, 7) is 5.57. The lowest BCUT2D eigenvalue weighted by molar-refractivity contribution is -0.116. The standard InChI is InChI=1S/C18H19N3O3/c1-4-13-5-7-14(8-6-13)20-15(22)9-21-10-19-17-16(18(21)23)11(2)12(3)24-17/h5-8,10H,4,9H2,1-3H3,(H,20,22). The van der Waals surface area contributed by atoms with Gasteiger partial charge in [0.1, 0.15) is 24.0 Å². The number of rotatable bonds is 4. The van der Waals surface area contributed by atoms with E-state index >= 15 is 0 Å². The van der Waals surface area contributed by atoms with E-state index in [0.717, 1.165) is 12.0 Å². The van der Waals surface area contributed by atoms with Crippen molar-refractivity contribution in [1.82, 2.24) is 9.55 Å². The van der Waals surface area contributed by atoms with E-state index in [1.807, 2.05) is 31.2 Å². The molecule has 0 fully saturated rings. The van der Waals surface area contributed by atoms with Crippen molar-refractivity contribution in [3.8, 4) is 0 Å². The summed E-state index contributed by atoms with van der Waals surface area (Å²) in [5.74, 6) is 0.383. The highest BCUT2D eigenvalue weighted by Gasteiger charge is 2.15. The largest absolute Gasteiger partial charge is 0.443 e. The lowest BCUT2D eigenvalue weighted by Crippen LogP contribution is -2.27. The van der Waals surface area contributed by atoms with Crippen LogP contribution in [0.5, 0.6) is 0 Å². The predicted molar refractivity (Wildman–Crippen MR) is 92.2 cm³/mol. The summed E-state index contributed by atoms with van der Waals surface area (Å²) in [4.78, 5) is 28.8. The topological polar surface area (TPSA) is 77.1 Å². The second-order valence-corrected chi connectivity index (χ2v) is 5.74. The van der Waals surface area contributed by atoms with E-state index in [2.05, 4.69) is 17.2 Å². The van der Waals surface area contributed by atoms with Gasteiger partial charge >= 0.3 is 0 Å². The normalized spacial score (nSPS) is 11.0. The average molecular weight is 325 g/mol. The fourth-order valence-electron chi connectivity index (χ4n) is 2.56. The van der Waals surface area contributed by atoms with E-state index in [0.29, 0.717) is 22.5 Å². The monoisotopic (exact) mass is 325 g/mol. The molecule has 0 spiro atoms. The van der Waals surface area contributed by atoms with Crippen molar-refractivity contribution in [2.24, 2.45) is 0 Å². The highest BCUT2D eigenvalue weighted by molar-refractivity contribution is 5.90. The molecule has 2 heterocycles. The van der Waals surface area contributed by atoms with Crippen LogP contribution in [0.15, 0.2) is 39.8 Å². The summed E-state index contributed by atoms with van der Waals surface area (Å²) in [5, 5.41) is 3.21. The quantitative estimate of drug-likeness (QED) is 0.800. The molecule has 0 bridgehead atoms. The Kier molecular flexibility index (Phi) is 4.20. The molecular formula is C18H19N3O3. The van der Waals surface area contributed by atoms with Gasteiger partial charge in [0.25, 0.3) is 5.56 Å². The molecule has 6 nitrogen and oxygen atoms in total. The number of amides is 1. The minimum absolute atomic E-state index is 0.0963. The van der Waals surface area contributed by atoms with Gasteiger partial charge in [-0.25, -0.2) is 4.98 Å². The molecule has 124 valence electrons. The van der Waals surface area contributed by atoms with Crippen LogP contribution in [0.2, 0.25) is 0 Å². The third-order valence-corrected chi connectivity index (χ3v) is 4.12. The zero-order chi connectivity index (χ0) is 17.3. The molecule has 3 rings (SSSR count). The van der Waals surface area contributed by atoms with Gasteiger partial charge in [-0.3, -0.25) is 14.2 Å². The molecular weight excluding hydrogens is 306 g/mol. The van der Waals surface area contributed by atoms with Gasteiger partial charge in [-0.2, -0.15) is 0 Å². The predicted octanol–water partition coefficient (Wildman–Crippen LogP) is 2.81. The molecule has 24 heavy (non-hydrogen) atoms. The molecule has 0 aliphatic heterocycles. The second-order valence-electron chi connectivity index (χ2n) is 5.74. The molecule has 6 heteroatoms. The Hall–Kier alpha value is -2.89. The van der Waals surface area contributed by atoms with Crippen molar-refractivity contribution < 1.29 is 9.21 Å². The number of anilines is 1. The Morgan fingerprint density at radius 2 is 1.96 bits per heavy atom. The van der Waals surface area contributed by atoms with Gasteiger partial charge < -0.3 is 9.73 Å². The van der Waals surface area contributed by atoms with Gasteiger partial charge in [-0.1, -0.05) is 19.1 Å². The maximum Gasteiger partial charge on any atom is 0.265 e. The van der Waals surface area contributed by atoms with Crippen molar-refractivity contribution >= 4 is 22.7 Å². The number of nitrogens with zero attached hydrogens (tertiary/aromatic N) is 2. The third kappa shape index (κ3) is 2.95. The molecule has 0 radical (unpaired) electrons. The molecule has 0 aliphatic carbocycles. The van der Waals surface area contributed by atoms with E-state index in [1.54, 1.807) is 6.92 Å². The van der Waals surface area contributed by atoms with Crippen molar-refractivity contribution in [1.29, 1.82) is 0 Å². The summed E-state index contributed by atoms with van der Waals surface area (Å²) in [7, 11) is 0. The zero-order valence-corrected chi connectivity index (χ0v) is 13.9. The van der Waals surface area contributed by atoms with Gasteiger partial charge in [-0.15, -0.1) is 0 Å². The summed E-state index contributed by atoms with van der Waals surface area (Å²) in [6.07, 6.45) is 2.28. The molecule has 1 amide bonds. The molecule has 0 aliphatic rings. The van der Waals surface area contributed by atoms with Gasteiger partial charge in [0.2, 0.25) is 11.6 Å². The number of fused-ring (bicyclic) bond motifs is 1. The average Bonchev–Trinajstić information content (AvgIpc) is 2.86. The number of carbonyl (C=O) groups excluding carboxylic acids is 1. The number of hydrogen-bond acceptors (Lipinski definition) is 4. The van der Waals surface area contributed by atoms with Crippen LogP contribution in [0, 0.1) is 13.8 Å². The first kappa shape index (κ1) is 16.0. The number of furan rings is 1. The van der Waals surface area contributed by atoms with E-state index in [-0.39, 0.29) is 18.0 Å². The number of nitrogens with one attached hydrogen (secondary N) is 1. The minimum atomic E-state index is -0.277. The number of hydrogen-bond donors (Lipinski definition) is 1. The van der Waals surface area contributed by atoms with Crippen LogP contribution in [0.3, 0.4) is 0 Å². The molecule has 2 aromatic heterocycles. The van der Waals surface area contributed by atoms with Crippen LogP contribution < -0.4 is 10.9 Å². The van der Waals surface area contributed by atoms with Crippen molar-refractivity contribution in [3.05, 3.63) is 57.8 Å². The molecule has 3 aromatic rings. The van der Waals surface area contributed by atoms with Crippen LogP contribution in [-0.2, 0) is 17.8 Å². The maximum absolute atomic E-state index is 12.5. The Bertz CT molecular complexity index is 952. The van der Waals surface area contributed by atoms with Gasteiger partial charge in [0.15, 0.2) is 0 Å². The molecule has 0 saturated carbocycles. The van der Waals surface area contributed by atoms with Crippen molar-refractivity contribution in [2.75, 3.05) is 5.32 Å². The summed E-state index contributed by atoms with van der Waals surface area (Å²) < 4.78 is 6.72. The molecule has 0 unspecified atom stereocenters. The van der Waals surface area contributed by atoms with Crippen LogP contribution in [-0.4, -0.2) is 15.5 Å². The third-order valence-electron chi connectivity index (χ3n) is 4.12. The number of aromatic nitrogens is 2. The van der Waals surface area contributed by atoms with E-state index in [1.165, 1.54) is 16.5 Å². The second kappa shape index (κ2) is 6.31. The summed E-state index contributed by atoms with van der Waals surface area (Å²) in [6, 6.07) is 7.63. The number of benzene rings is 1. The fourth-order valence-corrected chi connectivity index (χ4v) is 2.56. The smallest absolute Gasteiger partial charge is 0.265 e. The first-order valence-electron chi connectivity index (χ1n) is 7.83. The molecule has 1 N–H and O–H groups in total. The molecule has 0 atom stereocenters. The van der Waals surface area contributed by atoms with Gasteiger partial charge in [-0.05, 0) is 38.0 Å². The Balaban J connectivity index is 1.81. The SMILES string of the molecule is CCc1ccc(NC(=O)Cn2cnc3oc(C)c(C)c3c2=O)cc1. The van der Waals surface area contributed by atoms with Crippen LogP contribution >= 0.6 is 0 Å². The zero-order valence-electron chi connectivity index (χ0n) is 13.9. The van der Waals surface area contributed by atoms with Crippen LogP contribution in [0.25, 0.3) is 11.1 Å². The van der Waals surface area contributed by atoms with E-state index < -0.39 is 0 Å². The summed E-state index contributed by atoms with van der Waals surface area (Å²) >= 11 is 0. The summed E-state index contributed by atoms with van der Waals surface area (Å²) in [5.41, 5.74) is 2.69. The van der Waals surface area contributed by atoms with Crippen LogP contribution in [0.4, 0.5) is 5.69 Å². The highest BCUT2D eigenvalue weighted by atomic mass is 16.3. The van der Waals surface area contributed by atoms with Gasteiger partial charge in [0.05, 0.1) is 0 Å². The van der Waals surface area contributed by atoms with E-state index in [4.69, 9.17) is 4.42 Å². The maximum atomic E-state index is 12.5. The Labute approximate surface area is 139 Å². The molecule has 1 aromatic carbocycles. The molecule has 0 saturated heterocycles. The lowest BCUT2D eigenvalue weighted by Gasteiger charge is -2.07.